The van der Waals surface area contributed by atoms with Gasteiger partial charge in [0.05, 0.1) is 17.1 Å². The Balaban J connectivity index is 1.62. The summed E-state index contributed by atoms with van der Waals surface area (Å²) >= 11 is 7.70. The summed E-state index contributed by atoms with van der Waals surface area (Å²) in [7, 11) is 1.87. The summed E-state index contributed by atoms with van der Waals surface area (Å²) in [6.07, 6.45) is 3.19. The first-order valence-electron chi connectivity index (χ1n) is 7.41. The smallest absolute Gasteiger partial charge is 0.244 e. The predicted molar refractivity (Wildman–Crippen MR) is 98.9 cm³/mol. The number of nitrogens with one attached hydrogen (secondary N) is 1. The molecule has 2 heterocycles. The van der Waals surface area contributed by atoms with Crippen LogP contribution in [0, 0.1) is 0 Å². The lowest BCUT2D eigenvalue weighted by atomic mass is 10.2. The number of aromatic nitrogens is 2. The Labute approximate surface area is 149 Å². The molecule has 0 fully saturated rings. The summed E-state index contributed by atoms with van der Waals surface area (Å²) in [5.74, 6) is -0.172. The van der Waals surface area contributed by atoms with Crippen molar-refractivity contribution in [2.45, 2.75) is 6.54 Å². The highest BCUT2D eigenvalue weighted by Gasteiger charge is 2.08. The monoisotopic (exact) mass is 357 g/mol. The molecule has 0 radical (unpaired) electrons. The molecule has 0 aliphatic heterocycles. The van der Waals surface area contributed by atoms with Crippen molar-refractivity contribution in [1.82, 2.24) is 15.1 Å². The molecule has 24 heavy (non-hydrogen) atoms. The predicted octanol–water partition coefficient (Wildman–Crippen LogP) is 4.13. The molecular weight excluding hydrogens is 342 g/mol. The number of carbonyl (C=O) groups excluding carboxylic acids is 1. The van der Waals surface area contributed by atoms with Crippen LogP contribution < -0.4 is 5.32 Å². The molecule has 0 saturated heterocycles. The van der Waals surface area contributed by atoms with Crippen LogP contribution in [-0.2, 0) is 18.4 Å². The lowest BCUT2D eigenvalue weighted by Crippen LogP contribution is -2.21. The number of hydrogen-bond donors (Lipinski definition) is 1. The second-order valence-corrected chi connectivity index (χ2v) is 6.55. The number of hydrogen-bond acceptors (Lipinski definition) is 3. The fourth-order valence-electron chi connectivity index (χ4n) is 2.23. The van der Waals surface area contributed by atoms with Gasteiger partial charge in [-0.3, -0.25) is 9.48 Å². The van der Waals surface area contributed by atoms with E-state index in [1.54, 1.807) is 28.2 Å². The van der Waals surface area contributed by atoms with Crippen molar-refractivity contribution in [3.05, 3.63) is 70.2 Å². The molecule has 1 amide bonds. The van der Waals surface area contributed by atoms with Gasteiger partial charge in [-0.05, 0) is 35.2 Å². The van der Waals surface area contributed by atoms with E-state index in [2.05, 4.69) is 10.4 Å². The van der Waals surface area contributed by atoms with Crippen molar-refractivity contribution in [2.24, 2.45) is 7.05 Å². The van der Waals surface area contributed by atoms with E-state index in [4.69, 9.17) is 11.6 Å². The first-order valence-corrected chi connectivity index (χ1v) is 8.66. The van der Waals surface area contributed by atoms with Gasteiger partial charge in [0.2, 0.25) is 5.91 Å². The minimum absolute atomic E-state index is 0.172. The highest BCUT2D eigenvalue weighted by atomic mass is 35.5. The van der Waals surface area contributed by atoms with Crippen molar-refractivity contribution in [1.29, 1.82) is 0 Å². The Kier molecular flexibility index (Phi) is 5.13. The Morgan fingerprint density at radius 1 is 1.33 bits per heavy atom. The number of aryl methyl sites for hydroxylation is 1. The number of carbonyl (C=O) groups is 1. The molecule has 0 spiro atoms. The number of nitrogens with zero attached hydrogens (tertiary/aromatic N) is 2. The SMILES string of the molecule is Cn1nc(-c2cccs2)cc1CNC(=O)C=Cc1ccccc1Cl. The zero-order valence-corrected chi connectivity index (χ0v) is 14.6. The Hall–Kier alpha value is -2.37. The normalized spacial score (nSPS) is 11.1. The topological polar surface area (TPSA) is 46.9 Å². The van der Waals surface area contributed by atoms with Crippen molar-refractivity contribution in [3.8, 4) is 10.6 Å². The Morgan fingerprint density at radius 3 is 2.92 bits per heavy atom. The molecule has 3 aromatic rings. The molecule has 0 aliphatic carbocycles. The van der Waals surface area contributed by atoms with Crippen LogP contribution in [0.3, 0.4) is 0 Å². The highest BCUT2D eigenvalue weighted by molar-refractivity contribution is 7.13. The van der Waals surface area contributed by atoms with Crippen molar-refractivity contribution in [3.63, 3.8) is 0 Å². The molecule has 0 atom stereocenters. The maximum Gasteiger partial charge on any atom is 0.244 e. The lowest BCUT2D eigenvalue weighted by molar-refractivity contribution is -0.116. The Morgan fingerprint density at radius 2 is 2.17 bits per heavy atom. The van der Waals surface area contributed by atoms with Crippen LogP contribution in [0.1, 0.15) is 11.3 Å². The van der Waals surface area contributed by atoms with Crippen LogP contribution in [0.5, 0.6) is 0 Å². The molecule has 1 N–H and O–H groups in total. The zero-order chi connectivity index (χ0) is 16.9. The minimum Gasteiger partial charge on any atom is -0.347 e. The van der Waals surface area contributed by atoms with E-state index in [0.29, 0.717) is 11.6 Å². The molecule has 2 aromatic heterocycles. The minimum atomic E-state index is -0.172. The lowest BCUT2D eigenvalue weighted by Gasteiger charge is -2.02. The summed E-state index contributed by atoms with van der Waals surface area (Å²) in [6, 6.07) is 13.4. The van der Waals surface area contributed by atoms with E-state index in [9.17, 15) is 4.79 Å². The van der Waals surface area contributed by atoms with Gasteiger partial charge in [0.25, 0.3) is 0 Å². The molecule has 1 aromatic carbocycles. The van der Waals surface area contributed by atoms with E-state index < -0.39 is 0 Å². The average Bonchev–Trinajstić information content (AvgIpc) is 3.22. The van der Waals surface area contributed by atoms with Gasteiger partial charge in [0, 0.05) is 18.1 Å². The van der Waals surface area contributed by atoms with E-state index in [1.807, 2.05) is 48.8 Å². The van der Waals surface area contributed by atoms with Crippen molar-refractivity contribution >= 4 is 34.9 Å². The summed E-state index contributed by atoms with van der Waals surface area (Å²) in [6.45, 7) is 0.417. The van der Waals surface area contributed by atoms with Crippen LogP contribution >= 0.6 is 22.9 Å². The zero-order valence-electron chi connectivity index (χ0n) is 13.1. The third kappa shape index (κ3) is 3.93. The van der Waals surface area contributed by atoms with E-state index in [1.165, 1.54) is 6.08 Å². The van der Waals surface area contributed by atoms with Gasteiger partial charge in [0.1, 0.15) is 5.69 Å². The highest BCUT2D eigenvalue weighted by Crippen LogP contribution is 2.23. The average molecular weight is 358 g/mol. The third-order valence-corrected chi connectivity index (χ3v) is 4.75. The molecule has 0 bridgehead atoms. The molecule has 6 heteroatoms. The van der Waals surface area contributed by atoms with Gasteiger partial charge in [-0.15, -0.1) is 11.3 Å². The van der Waals surface area contributed by atoms with E-state index in [-0.39, 0.29) is 5.91 Å². The van der Waals surface area contributed by atoms with Gasteiger partial charge in [-0.1, -0.05) is 35.9 Å². The number of halogens is 1. The maximum atomic E-state index is 12.0. The van der Waals surface area contributed by atoms with Gasteiger partial charge in [-0.2, -0.15) is 5.10 Å². The first-order chi connectivity index (χ1) is 11.6. The molecule has 3 rings (SSSR count). The van der Waals surface area contributed by atoms with Crippen molar-refractivity contribution < 1.29 is 4.79 Å². The van der Waals surface area contributed by atoms with Gasteiger partial charge in [-0.25, -0.2) is 0 Å². The number of rotatable bonds is 5. The number of thiophene rings is 1. The second-order valence-electron chi connectivity index (χ2n) is 5.19. The molecule has 122 valence electrons. The van der Waals surface area contributed by atoms with Crippen LogP contribution in [-0.4, -0.2) is 15.7 Å². The first kappa shape index (κ1) is 16.5. The van der Waals surface area contributed by atoms with Crippen LogP contribution in [0.2, 0.25) is 5.02 Å². The van der Waals surface area contributed by atoms with E-state index in [0.717, 1.165) is 21.8 Å². The summed E-state index contributed by atoms with van der Waals surface area (Å²) in [4.78, 5) is 13.1. The second kappa shape index (κ2) is 7.47. The molecule has 4 nitrogen and oxygen atoms in total. The van der Waals surface area contributed by atoms with Crippen molar-refractivity contribution in [2.75, 3.05) is 0 Å². The third-order valence-electron chi connectivity index (χ3n) is 3.51. The molecular formula is C18H16ClN3OS. The number of benzene rings is 1. The fourth-order valence-corrected chi connectivity index (χ4v) is 3.11. The van der Waals surface area contributed by atoms with Gasteiger partial charge < -0.3 is 5.32 Å². The molecule has 0 saturated carbocycles. The summed E-state index contributed by atoms with van der Waals surface area (Å²) in [5, 5.41) is 9.98. The fraction of sp³-hybridized carbons (Fsp3) is 0.111. The molecule has 0 unspecified atom stereocenters. The van der Waals surface area contributed by atoms with Crippen LogP contribution in [0.15, 0.2) is 53.9 Å². The van der Waals surface area contributed by atoms with Gasteiger partial charge in [0.15, 0.2) is 0 Å². The number of amides is 1. The summed E-state index contributed by atoms with van der Waals surface area (Å²) < 4.78 is 1.78. The standard InChI is InChI=1S/C18H16ClN3OS/c1-22-14(11-16(21-22)17-7-4-10-24-17)12-20-18(23)9-8-13-5-2-3-6-15(13)19/h2-11H,12H2,1H3,(H,20,23). The van der Waals surface area contributed by atoms with Gasteiger partial charge >= 0.3 is 0 Å². The Bertz CT molecular complexity index is 868. The van der Waals surface area contributed by atoms with E-state index >= 15 is 0 Å². The largest absolute Gasteiger partial charge is 0.347 e. The molecule has 0 aliphatic rings. The quantitative estimate of drug-likeness (QED) is 0.698. The maximum absolute atomic E-state index is 12.0. The van der Waals surface area contributed by atoms with Crippen LogP contribution in [0.4, 0.5) is 0 Å². The summed E-state index contributed by atoms with van der Waals surface area (Å²) in [5.41, 5.74) is 2.68. The van der Waals surface area contributed by atoms with Crippen LogP contribution in [0.25, 0.3) is 16.6 Å².